The third kappa shape index (κ3) is 5.90. The van der Waals surface area contributed by atoms with E-state index >= 15 is 0 Å². The summed E-state index contributed by atoms with van der Waals surface area (Å²) in [7, 11) is 0. The Balaban J connectivity index is 2.16. The predicted molar refractivity (Wildman–Crippen MR) is 78.9 cm³/mol. The maximum atomic E-state index is 9.69. The molecule has 0 saturated carbocycles. The lowest BCUT2D eigenvalue weighted by atomic mass is 10.00. The van der Waals surface area contributed by atoms with Crippen LogP contribution in [-0.4, -0.2) is 5.11 Å². The van der Waals surface area contributed by atoms with Crippen molar-refractivity contribution in [1.29, 1.82) is 0 Å². The summed E-state index contributed by atoms with van der Waals surface area (Å²) >= 11 is 0. The van der Waals surface area contributed by atoms with Gasteiger partial charge in [-0.25, -0.2) is 0 Å². The van der Waals surface area contributed by atoms with Gasteiger partial charge in [-0.3, -0.25) is 0 Å². The van der Waals surface area contributed by atoms with Gasteiger partial charge in [0.05, 0.1) is 0 Å². The van der Waals surface area contributed by atoms with Gasteiger partial charge >= 0.3 is 0 Å². The zero-order chi connectivity index (χ0) is 13.2. The molecule has 0 atom stereocenters. The molecule has 0 unspecified atom stereocenters. The van der Waals surface area contributed by atoms with Crippen LogP contribution >= 0.6 is 0 Å². The summed E-state index contributed by atoms with van der Waals surface area (Å²) in [5.41, 5.74) is 2.22. The first kappa shape index (κ1) is 14.8. The average Bonchev–Trinajstić information content (AvgIpc) is 2.36. The van der Waals surface area contributed by atoms with Crippen molar-refractivity contribution in [3.8, 4) is 5.75 Å². The molecule has 0 fully saturated rings. The van der Waals surface area contributed by atoms with Crippen LogP contribution in [0, 0.1) is 0 Å². The Bertz CT molecular complexity index is 354. The molecular formula is C17H26O. The van der Waals surface area contributed by atoms with Gasteiger partial charge in [0, 0.05) is 0 Å². The van der Waals surface area contributed by atoms with Crippen molar-refractivity contribution in [2.45, 2.75) is 58.3 Å². The number of para-hydroxylation sites is 1. The molecular weight excluding hydrogens is 220 g/mol. The molecule has 1 heteroatoms. The van der Waals surface area contributed by atoms with Crippen LogP contribution in [0.15, 0.2) is 36.4 Å². The van der Waals surface area contributed by atoms with Crippen LogP contribution in [0.5, 0.6) is 5.75 Å². The number of allylic oxidation sites excluding steroid dienone is 1. The Morgan fingerprint density at radius 1 is 1.06 bits per heavy atom. The van der Waals surface area contributed by atoms with Crippen molar-refractivity contribution in [3.63, 3.8) is 0 Å². The highest BCUT2D eigenvalue weighted by Crippen LogP contribution is 2.21. The van der Waals surface area contributed by atoms with Crippen LogP contribution in [-0.2, 0) is 6.42 Å². The fourth-order valence-corrected chi connectivity index (χ4v) is 2.17. The highest BCUT2D eigenvalue weighted by molar-refractivity contribution is 5.34. The Morgan fingerprint density at radius 2 is 1.72 bits per heavy atom. The standard InChI is InChI=1S/C17H26O/c1-3-4-5-6-7-8-11-15(2)14-16-12-9-10-13-17(16)18/h9-10,12-13,18H,2-8,11,14H2,1H3. The highest BCUT2D eigenvalue weighted by Gasteiger charge is 2.02. The van der Waals surface area contributed by atoms with E-state index in [0.717, 1.165) is 18.4 Å². The summed E-state index contributed by atoms with van der Waals surface area (Å²) in [4.78, 5) is 0. The van der Waals surface area contributed by atoms with E-state index < -0.39 is 0 Å². The normalized spacial score (nSPS) is 10.5. The number of phenolic OH excluding ortho intramolecular Hbond substituents is 1. The summed E-state index contributed by atoms with van der Waals surface area (Å²) < 4.78 is 0. The van der Waals surface area contributed by atoms with Gasteiger partial charge in [0.1, 0.15) is 5.75 Å². The van der Waals surface area contributed by atoms with Gasteiger partial charge in [-0.05, 0) is 30.9 Å². The molecule has 100 valence electrons. The second-order valence-corrected chi connectivity index (χ2v) is 5.07. The van der Waals surface area contributed by atoms with Crippen molar-refractivity contribution in [2.75, 3.05) is 0 Å². The molecule has 0 aromatic heterocycles. The van der Waals surface area contributed by atoms with Gasteiger partial charge in [0.2, 0.25) is 0 Å². The van der Waals surface area contributed by atoms with Gasteiger partial charge in [0.15, 0.2) is 0 Å². The van der Waals surface area contributed by atoms with E-state index in [1.165, 1.54) is 44.1 Å². The van der Waals surface area contributed by atoms with Crippen LogP contribution in [0.4, 0.5) is 0 Å². The van der Waals surface area contributed by atoms with Gasteiger partial charge in [-0.1, -0.05) is 69.4 Å². The van der Waals surface area contributed by atoms with Crippen LogP contribution in [0.1, 0.15) is 57.4 Å². The van der Waals surface area contributed by atoms with E-state index in [2.05, 4.69) is 13.5 Å². The lowest BCUT2D eigenvalue weighted by Gasteiger charge is -2.07. The number of hydrogen-bond donors (Lipinski definition) is 1. The fraction of sp³-hybridized carbons (Fsp3) is 0.529. The summed E-state index contributed by atoms with van der Waals surface area (Å²) in [6.07, 6.45) is 9.80. The molecule has 0 spiro atoms. The van der Waals surface area contributed by atoms with E-state index in [4.69, 9.17) is 0 Å². The molecule has 0 aliphatic rings. The largest absolute Gasteiger partial charge is 0.508 e. The molecule has 1 aromatic rings. The fourth-order valence-electron chi connectivity index (χ4n) is 2.17. The van der Waals surface area contributed by atoms with Gasteiger partial charge in [0.25, 0.3) is 0 Å². The smallest absolute Gasteiger partial charge is 0.119 e. The zero-order valence-corrected chi connectivity index (χ0v) is 11.6. The molecule has 1 N–H and O–H groups in total. The van der Waals surface area contributed by atoms with Crippen molar-refractivity contribution in [1.82, 2.24) is 0 Å². The molecule has 1 rings (SSSR count). The minimum absolute atomic E-state index is 0.390. The Morgan fingerprint density at radius 3 is 2.44 bits per heavy atom. The second-order valence-electron chi connectivity index (χ2n) is 5.07. The van der Waals surface area contributed by atoms with E-state index in [-0.39, 0.29) is 0 Å². The second kappa shape index (κ2) is 8.79. The molecule has 0 saturated heterocycles. The Kier molecular flexibility index (Phi) is 7.24. The summed E-state index contributed by atoms with van der Waals surface area (Å²) in [5.74, 6) is 0.390. The number of rotatable bonds is 9. The minimum atomic E-state index is 0.390. The molecule has 18 heavy (non-hydrogen) atoms. The van der Waals surface area contributed by atoms with Gasteiger partial charge in [-0.15, -0.1) is 0 Å². The molecule has 0 aliphatic heterocycles. The van der Waals surface area contributed by atoms with Crippen molar-refractivity contribution in [3.05, 3.63) is 42.0 Å². The van der Waals surface area contributed by atoms with Crippen molar-refractivity contribution in [2.24, 2.45) is 0 Å². The molecule has 1 aromatic carbocycles. The van der Waals surface area contributed by atoms with Gasteiger partial charge < -0.3 is 5.11 Å². The lowest BCUT2D eigenvalue weighted by Crippen LogP contribution is -1.91. The number of phenols is 1. The van der Waals surface area contributed by atoms with Crippen LogP contribution in [0.2, 0.25) is 0 Å². The summed E-state index contributed by atoms with van der Waals surface area (Å²) in [6, 6.07) is 7.54. The third-order valence-electron chi connectivity index (χ3n) is 3.32. The predicted octanol–water partition coefficient (Wildman–Crippen LogP) is 5.24. The molecule has 0 amide bonds. The maximum absolute atomic E-state index is 9.69. The number of benzene rings is 1. The molecule has 0 radical (unpaired) electrons. The first-order valence-corrected chi connectivity index (χ1v) is 7.17. The topological polar surface area (TPSA) is 20.2 Å². The van der Waals surface area contributed by atoms with E-state index in [0.29, 0.717) is 5.75 Å². The summed E-state index contributed by atoms with van der Waals surface area (Å²) in [6.45, 7) is 6.36. The molecule has 0 heterocycles. The molecule has 0 aliphatic carbocycles. The SMILES string of the molecule is C=C(CCCCCCCC)Cc1ccccc1O. The highest BCUT2D eigenvalue weighted by atomic mass is 16.3. The Labute approximate surface area is 112 Å². The monoisotopic (exact) mass is 246 g/mol. The third-order valence-corrected chi connectivity index (χ3v) is 3.32. The van der Waals surface area contributed by atoms with E-state index in [1.807, 2.05) is 18.2 Å². The molecule has 0 bridgehead atoms. The number of unbranched alkanes of at least 4 members (excludes halogenated alkanes) is 5. The number of hydrogen-bond acceptors (Lipinski definition) is 1. The molecule has 1 nitrogen and oxygen atoms in total. The quantitative estimate of drug-likeness (QED) is 0.466. The number of aromatic hydroxyl groups is 1. The van der Waals surface area contributed by atoms with Crippen LogP contribution < -0.4 is 0 Å². The average molecular weight is 246 g/mol. The zero-order valence-electron chi connectivity index (χ0n) is 11.6. The maximum Gasteiger partial charge on any atom is 0.119 e. The Hall–Kier alpha value is -1.24. The minimum Gasteiger partial charge on any atom is -0.508 e. The van der Waals surface area contributed by atoms with Crippen LogP contribution in [0.25, 0.3) is 0 Å². The van der Waals surface area contributed by atoms with E-state index in [1.54, 1.807) is 6.07 Å². The van der Waals surface area contributed by atoms with Crippen molar-refractivity contribution < 1.29 is 5.11 Å². The van der Waals surface area contributed by atoms with Crippen LogP contribution in [0.3, 0.4) is 0 Å². The van der Waals surface area contributed by atoms with Crippen molar-refractivity contribution >= 4 is 0 Å². The van der Waals surface area contributed by atoms with Gasteiger partial charge in [-0.2, -0.15) is 0 Å². The first-order chi connectivity index (χ1) is 8.74. The van der Waals surface area contributed by atoms with E-state index in [9.17, 15) is 5.11 Å². The first-order valence-electron chi connectivity index (χ1n) is 7.17. The lowest BCUT2D eigenvalue weighted by molar-refractivity contribution is 0.469. The summed E-state index contributed by atoms with van der Waals surface area (Å²) in [5, 5.41) is 9.69.